The molecule has 0 aliphatic carbocycles. The van der Waals surface area contributed by atoms with Crippen molar-refractivity contribution < 1.29 is 24.2 Å². The Morgan fingerprint density at radius 3 is 2.47 bits per heavy atom. The van der Waals surface area contributed by atoms with Crippen molar-refractivity contribution in [1.82, 2.24) is 10.6 Å². The first-order valence-electron chi connectivity index (χ1n) is 5.37. The van der Waals surface area contributed by atoms with Gasteiger partial charge in [0.15, 0.2) is 0 Å². The minimum atomic E-state index is -1.12. The monoisotopic (exact) mass is 246 g/mol. The molecule has 0 fully saturated rings. The summed E-state index contributed by atoms with van der Waals surface area (Å²) in [5.74, 6) is -1.58. The highest BCUT2D eigenvalue weighted by Gasteiger charge is 2.11. The molecule has 7 nitrogen and oxygen atoms in total. The van der Waals surface area contributed by atoms with Gasteiger partial charge in [0.2, 0.25) is 0 Å². The summed E-state index contributed by atoms with van der Waals surface area (Å²) < 4.78 is 4.87. The lowest BCUT2D eigenvalue weighted by Crippen LogP contribution is -2.40. The number of carbonyl (C=O) groups is 3. The number of ether oxygens (including phenoxy) is 1. The number of hydrogen-bond acceptors (Lipinski definition) is 4. The summed E-state index contributed by atoms with van der Waals surface area (Å²) in [7, 11) is 0. The smallest absolute Gasteiger partial charge is 0.323 e. The second kappa shape index (κ2) is 8.37. The SMILES string of the molecule is CCC(C)C(=O)OCCNC(=O)NCC(=O)O. The quantitative estimate of drug-likeness (QED) is 0.432. The van der Waals surface area contributed by atoms with Crippen molar-refractivity contribution in [1.29, 1.82) is 0 Å². The molecular formula is C10H18N2O5. The summed E-state index contributed by atoms with van der Waals surface area (Å²) in [5.41, 5.74) is 0. The number of urea groups is 1. The average Bonchev–Trinajstić information content (AvgIpc) is 2.30. The van der Waals surface area contributed by atoms with E-state index in [2.05, 4.69) is 10.6 Å². The van der Waals surface area contributed by atoms with Crippen molar-refractivity contribution in [2.24, 2.45) is 5.92 Å². The maximum atomic E-state index is 11.2. The summed E-state index contributed by atoms with van der Waals surface area (Å²) in [6, 6.07) is -0.605. The minimum absolute atomic E-state index is 0.0731. The number of esters is 1. The fraction of sp³-hybridized carbons (Fsp3) is 0.700. The molecule has 1 unspecified atom stereocenters. The van der Waals surface area contributed by atoms with Gasteiger partial charge in [0.25, 0.3) is 0 Å². The molecular weight excluding hydrogens is 228 g/mol. The fourth-order valence-corrected chi connectivity index (χ4v) is 0.844. The Bertz CT molecular complexity index is 280. The number of amides is 2. The van der Waals surface area contributed by atoms with Crippen LogP contribution in [0.4, 0.5) is 4.79 Å². The average molecular weight is 246 g/mol. The molecule has 0 saturated carbocycles. The number of carboxylic acid groups (broad SMARTS) is 1. The minimum Gasteiger partial charge on any atom is -0.480 e. The van der Waals surface area contributed by atoms with E-state index in [1.54, 1.807) is 6.92 Å². The predicted octanol–water partition coefficient (Wildman–Crippen LogP) is -0.0405. The lowest BCUT2D eigenvalue weighted by Gasteiger charge is -2.10. The summed E-state index contributed by atoms with van der Waals surface area (Å²) in [5, 5.41) is 12.8. The topological polar surface area (TPSA) is 105 Å². The third-order valence-corrected chi connectivity index (χ3v) is 2.05. The Morgan fingerprint density at radius 2 is 1.94 bits per heavy atom. The normalized spacial score (nSPS) is 11.4. The van der Waals surface area contributed by atoms with Crippen molar-refractivity contribution >= 4 is 18.0 Å². The van der Waals surface area contributed by atoms with Gasteiger partial charge in [-0.2, -0.15) is 0 Å². The zero-order valence-corrected chi connectivity index (χ0v) is 9.99. The van der Waals surface area contributed by atoms with Crippen LogP contribution in [0.5, 0.6) is 0 Å². The third kappa shape index (κ3) is 8.06. The van der Waals surface area contributed by atoms with Crippen LogP contribution in [0.15, 0.2) is 0 Å². The number of hydrogen-bond donors (Lipinski definition) is 3. The first-order valence-corrected chi connectivity index (χ1v) is 5.37. The molecule has 0 aliphatic heterocycles. The van der Waals surface area contributed by atoms with Gasteiger partial charge in [-0.05, 0) is 6.42 Å². The predicted molar refractivity (Wildman–Crippen MR) is 59.5 cm³/mol. The van der Waals surface area contributed by atoms with Gasteiger partial charge in [-0.15, -0.1) is 0 Å². The molecule has 98 valence electrons. The van der Waals surface area contributed by atoms with Crippen LogP contribution in [0, 0.1) is 5.92 Å². The molecule has 0 aromatic rings. The van der Waals surface area contributed by atoms with Gasteiger partial charge < -0.3 is 20.5 Å². The van der Waals surface area contributed by atoms with E-state index in [1.165, 1.54) is 0 Å². The molecule has 0 aromatic carbocycles. The highest BCUT2D eigenvalue weighted by atomic mass is 16.5. The highest BCUT2D eigenvalue weighted by molar-refractivity contribution is 5.79. The lowest BCUT2D eigenvalue weighted by atomic mass is 10.1. The van der Waals surface area contributed by atoms with E-state index in [9.17, 15) is 14.4 Å². The summed E-state index contributed by atoms with van der Waals surface area (Å²) in [6.07, 6.45) is 0.700. The Labute approximate surface area is 99.5 Å². The van der Waals surface area contributed by atoms with Crippen LogP contribution in [0.3, 0.4) is 0 Å². The van der Waals surface area contributed by atoms with E-state index in [-0.39, 0.29) is 25.0 Å². The Balaban J connectivity index is 3.54. The molecule has 0 spiro atoms. The van der Waals surface area contributed by atoms with Gasteiger partial charge in [0, 0.05) is 0 Å². The standard InChI is InChI=1S/C10H18N2O5/c1-3-7(2)9(15)17-5-4-11-10(16)12-6-8(13)14/h7H,3-6H2,1-2H3,(H,13,14)(H2,11,12,16). The van der Waals surface area contributed by atoms with E-state index in [0.717, 1.165) is 0 Å². The number of aliphatic carboxylic acids is 1. The summed E-state index contributed by atoms with van der Waals surface area (Å²) in [4.78, 5) is 32.3. The van der Waals surface area contributed by atoms with Crippen molar-refractivity contribution in [3.8, 4) is 0 Å². The molecule has 1 atom stereocenters. The molecule has 0 radical (unpaired) electrons. The molecule has 0 rings (SSSR count). The van der Waals surface area contributed by atoms with Crippen LogP contribution in [0.25, 0.3) is 0 Å². The molecule has 0 heterocycles. The maximum Gasteiger partial charge on any atom is 0.323 e. The second-order valence-electron chi connectivity index (χ2n) is 3.48. The Hall–Kier alpha value is -1.79. The summed E-state index contributed by atoms with van der Waals surface area (Å²) in [6.45, 7) is 3.41. The van der Waals surface area contributed by atoms with Crippen LogP contribution in [-0.2, 0) is 14.3 Å². The molecule has 3 N–H and O–H groups in total. The number of nitrogens with one attached hydrogen (secondary N) is 2. The first kappa shape index (κ1) is 15.2. The maximum absolute atomic E-state index is 11.2. The van der Waals surface area contributed by atoms with E-state index in [0.29, 0.717) is 6.42 Å². The van der Waals surface area contributed by atoms with Crippen LogP contribution < -0.4 is 10.6 Å². The van der Waals surface area contributed by atoms with E-state index in [4.69, 9.17) is 9.84 Å². The van der Waals surface area contributed by atoms with Crippen LogP contribution in [0.1, 0.15) is 20.3 Å². The van der Waals surface area contributed by atoms with Gasteiger partial charge in [-0.1, -0.05) is 13.8 Å². The zero-order chi connectivity index (χ0) is 13.3. The number of rotatable bonds is 7. The highest BCUT2D eigenvalue weighted by Crippen LogP contribution is 2.02. The van der Waals surface area contributed by atoms with Gasteiger partial charge in [-0.25, -0.2) is 4.79 Å². The fourth-order valence-electron chi connectivity index (χ4n) is 0.844. The molecule has 17 heavy (non-hydrogen) atoms. The number of carboxylic acids is 1. The van der Waals surface area contributed by atoms with E-state index >= 15 is 0 Å². The second-order valence-corrected chi connectivity index (χ2v) is 3.48. The molecule has 0 aliphatic rings. The van der Waals surface area contributed by atoms with Crippen LogP contribution in [0.2, 0.25) is 0 Å². The number of carbonyl (C=O) groups excluding carboxylic acids is 2. The molecule has 2 amide bonds. The van der Waals surface area contributed by atoms with Gasteiger partial charge in [0.1, 0.15) is 13.2 Å². The lowest BCUT2D eigenvalue weighted by molar-refractivity contribution is -0.147. The molecule has 7 heteroatoms. The van der Waals surface area contributed by atoms with Crippen molar-refractivity contribution in [3.05, 3.63) is 0 Å². The van der Waals surface area contributed by atoms with Crippen molar-refractivity contribution in [3.63, 3.8) is 0 Å². The molecule has 0 bridgehead atoms. The van der Waals surface area contributed by atoms with Crippen LogP contribution in [-0.4, -0.2) is 42.8 Å². The summed E-state index contributed by atoms with van der Waals surface area (Å²) >= 11 is 0. The van der Waals surface area contributed by atoms with Gasteiger partial charge >= 0.3 is 18.0 Å². The van der Waals surface area contributed by atoms with Crippen molar-refractivity contribution in [2.75, 3.05) is 19.7 Å². The van der Waals surface area contributed by atoms with Gasteiger partial charge in [-0.3, -0.25) is 9.59 Å². The molecule has 0 saturated heterocycles. The van der Waals surface area contributed by atoms with Crippen LogP contribution >= 0.6 is 0 Å². The first-order chi connectivity index (χ1) is 7.97. The van der Waals surface area contributed by atoms with Crippen molar-refractivity contribution in [2.45, 2.75) is 20.3 Å². The Kier molecular flexibility index (Phi) is 7.49. The zero-order valence-electron chi connectivity index (χ0n) is 9.99. The van der Waals surface area contributed by atoms with E-state index < -0.39 is 18.5 Å². The largest absolute Gasteiger partial charge is 0.480 e. The Morgan fingerprint density at radius 1 is 1.29 bits per heavy atom. The van der Waals surface area contributed by atoms with Gasteiger partial charge in [0.05, 0.1) is 12.5 Å². The third-order valence-electron chi connectivity index (χ3n) is 2.05. The van der Waals surface area contributed by atoms with E-state index in [1.807, 2.05) is 6.92 Å². The molecule has 0 aromatic heterocycles.